The summed E-state index contributed by atoms with van der Waals surface area (Å²) in [6.07, 6.45) is 1.16. The van der Waals surface area contributed by atoms with E-state index in [1.54, 1.807) is 0 Å². The van der Waals surface area contributed by atoms with Crippen LogP contribution in [0.25, 0.3) is 10.8 Å². The number of fused-ring (bicyclic) bond motifs is 1. The summed E-state index contributed by atoms with van der Waals surface area (Å²) in [5, 5.41) is 7.66. The lowest BCUT2D eigenvalue weighted by Crippen LogP contribution is -2.22. The first-order valence-electron chi connectivity index (χ1n) is 6.71. The van der Waals surface area contributed by atoms with Crippen LogP contribution in [0, 0.1) is 0 Å². The summed E-state index contributed by atoms with van der Waals surface area (Å²) in [7, 11) is 0. The molecule has 19 heavy (non-hydrogen) atoms. The third-order valence-corrected chi connectivity index (χ3v) is 4.35. The first kappa shape index (κ1) is 12.5. The highest BCUT2D eigenvalue weighted by Crippen LogP contribution is 2.27. The average Bonchev–Trinajstić information content (AvgIpc) is 2.37. The Labute approximate surface area is 118 Å². The Kier molecular flexibility index (Phi) is 3.47. The zero-order chi connectivity index (χ0) is 13.2. The lowest BCUT2D eigenvalue weighted by Gasteiger charge is -2.23. The van der Waals surface area contributed by atoms with Gasteiger partial charge in [-0.25, -0.2) is 0 Å². The topological polar surface area (TPSA) is 24.4 Å². The molecule has 1 aliphatic rings. The van der Waals surface area contributed by atoms with Gasteiger partial charge in [-0.2, -0.15) is 0 Å². The van der Waals surface area contributed by atoms with Crippen molar-refractivity contribution in [3.05, 3.63) is 42.5 Å². The number of hydrogen-bond acceptors (Lipinski definition) is 3. The Morgan fingerprint density at radius 2 is 1.89 bits per heavy atom. The number of amidine groups is 1. The summed E-state index contributed by atoms with van der Waals surface area (Å²) in [4.78, 5) is 4.68. The predicted octanol–water partition coefficient (Wildman–Crippen LogP) is 4.52. The summed E-state index contributed by atoms with van der Waals surface area (Å²) in [5.41, 5.74) is 1.12. The highest BCUT2D eigenvalue weighted by Gasteiger charge is 2.18. The lowest BCUT2D eigenvalue weighted by atomic mass is 10.1. The van der Waals surface area contributed by atoms with Crippen LogP contribution in [0.5, 0.6) is 0 Å². The molecule has 0 aliphatic carbocycles. The van der Waals surface area contributed by atoms with Gasteiger partial charge in [0.05, 0.1) is 6.04 Å². The van der Waals surface area contributed by atoms with Crippen molar-refractivity contribution in [2.24, 2.45) is 4.99 Å². The molecule has 2 nitrogen and oxygen atoms in total. The summed E-state index contributed by atoms with van der Waals surface area (Å²) < 4.78 is 0. The number of aliphatic imine (C=N–C) groups is 1. The third-order valence-electron chi connectivity index (χ3n) is 3.32. The first-order valence-corrected chi connectivity index (χ1v) is 7.59. The fraction of sp³-hybridized carbons (Fsp3) is 0.312. The number of nitrogens with zero attached hydrogens (tertiary/aromatic N) is 1. The van der Waals surface area contributed by atoms with Crippen molar-refractivity contribution >= 4 is 33.4 Å². The number of benzene rings is 2. The molecule has 0 radical (unpaired) electrons. The summed E-state index contributed by atoms with van der Waals surface area (Å²) in [5.74, 6) is 0. The SMILES string of the molecule is CC1CC(C)SC(Nc2ccc3ccccc3c2)=N1. The van der Waals surface area contributed by atoms with Gasteiger partial charge < -0.3 is 5.32 Å². The van der Waals surface area contributed by atoms with Crippen LogP contribution in [0.1, 0.15) is 20.3 Å². The van der Waals surface area contributed by atoms with E-state index in [1.165, 1.54) is 10.8 Å². The quantitative estimate of drug-likeness (QED) is 0.823. The number of thioether (sulfide) groups is 1. The minimum atomic E-state index is 0.416. The average molecular weight is 270 g/mol. The van der Waals surface area contributed by atoms with E-state index in [2.05, 4.69) is 66.6 Å². The zero-order valence-electron chi connectivity index (χ0n) is 11.3. The van der Waals surface area contributed by atoms with E-state index in [0.717, 1.165) is 17.3 Å². The second-order valence-corrected chi connectivity index (χ2v) is 6.56. The minimum Gasteiger partial charge on any atom is -0.335 e. The van der Waals surface area contributed by atoms with E-state index in [1.807, 2.05) is 11.8 Å². The molecule has 1 N–H and O–H groups in total. The second-order valence-electron chi connectivity index (χ2n) is 5.13. The van der Waals surface area contributed by atoms with Gasteiger partial charge in [-0.05, 0) is 36.2 Å². The molecule has 0 fully saturated rings. The van der Waals surface area contributed by atoms with Gasteiger partial charge in [0.2, 0.25) is 0 Å². The van der Waals surface area contributed by atoms with Crippen LogP contribution in [-0.2, 0) is 0 Å². The fourth-order valence-electron chi connectivity index (χ4n) is 2.45. The molecular weight excluding hydrogens is 252 g/mol. The van der Waals surface area contributed by atoms with Gasteiger partial charge in [-0.1, -0.05) is 49.0 Å². The normalized spacial score (nSPS) is 23.2. The molecule has 0 amide bonds. The maximum absolute atomic E-state index is 4.68. The molecule has 1 heterocycles. The van der Waals surface area contributed by atoms with Crippen molar-refractivity contribution in [2.45, 2.75) is 31.6 Å². The molecular formula is C16H18N2S. The van der Waals surface area contributed by atoms with E-state index in [4.69, 9.17) is 0 Å². The molecule has 3 rings (SSSR count). The fourth-order valence-corrected chi connectivity index (χ4v) is 3.63. The van der Waals surface area contributed by atoms with Crippen LogP contribution in [0.4, 0.5) is 5.69 Å². The Morgan fingerprint density at radius 1 is 1.11 bits per heavy atom. The van der Waals surface area contributed by atoms with E-state index in [-0.39, 0.29) is 0 Å². The first-order chi connectivity index (χ1) is 9.20. The van der Waals surface area contributed by atoms with E-state index < -0.39 is 0 Å². The number of rotatable bonds is 1. The van der Waals surface area contributed by atoms with Crippen LogP contribution >= 0.6 is 11.8 Å². The Balaban J connectivity index is 1.85. The molecule has 0 aromatic heterocycles. The molecule has 3 heteroatoms. The van der Waals surface area contributed by atoms with Gasteiger partial charge in [-0.3, -0.25) is 4.99 Å². The van der Waals surface area contributed by atoms with Crippen molar-refractivity contribution in [1.82, 2.24) is 0 Å². The van der Waals surface area contributed by atoms with E-state index >= 15 is 0 Å². The molecule has 98 valence electrons. The third kappa shape index (κ3) is 2.92. The van der Waals surface area contributed by atoms with Crippen LogP contribution in [-0.4, -0.2) is 16.5 Å². The molecule has 2 unspecified atom stereocenters. The van der Waals surface area contributed by atoms with Crippen LogP contribution < -0.4 is 5.32 Å². The largest absolute Gasteiger partial charge is 0.335 e. The molecule has 2 aromatic carbocycles. The Hall–Kier alpha value is -1.48. The summed E-state index contributed by atoms with van der Waals surface area (Å²) >= 11 is 1.83. The zero-order valence-corrected chi connectivity index (χ0v) is 12.1. The van der Waals surface area contributed by atoms with Gasteiger partial charge in [-0.15, -0.1) is 0 Å². The van der Waals surface area contributed by atoms with Crippen LogP contribution in [0.15, 0.2) is 47.5 Å². The standard InChI is InChI=1S/C16H18N2S/c1-11-9-12(2)19-16(17-11)18-15-8-7-13-5-3-4-6-14(13)10-15/h3-8,10-12H,9H2,1-2H3,(H,17,18). The Morgan fingerprint density at radius 3 is 2.68 bits per heavy atom. The van der Waals surface area contributed by atoms with Crippen molar-refractivity contribution < 1.29 is 0 Å². The van der Waals surface area contributed by atoms with Crippen LogP contribution in [0.3, 0.4) is 0 Å². The maximum Gasteiger partial charge on any atom is 0.161 e. The van der Waals surface area contributed by atoms with Crippen molar-refractivity contribution in [2.75, 3.05) is 5.32 Å². The van der Waals surface area contributed by atoms with Crippen molar-refractivity contribution in [3.8, 4) is 0 Å². The molecule has 2 atom stereocenters. The van der Waals surface area contributed by atoms with Gasteiger partial charge in [0.25, 0.3) is 0 Å². The summed E-state index contributed by atoms with van der Waals surface area (Å²) in [6.45, 7) is 4.44. The molecule has 2 aromatic rings. The van der Waals surface area contributed by atoms with Crippen molar-refractivity contribution in [3.63, 3.8) is 0 Å². The van der Waals surface area contributed by atoms with Gasteiger partial charge >= 0.3 is 0 Å². The number of anilines is 1. The molecule has 0 spiro atoms. The molecule has 0 bridgehead atoms. The lowest BCUT2D eigenvalue weighted by molar-refractivity contribution is 0.661. The van der Waals surface area contributed by atoms with E-state index in [0.29, 0.717) is 11.3 Å². The molecule has 0 saturated carbocycles. The monoisotopic (exact) mass is 270 g/mol. The number of nitrogens with one attached hydrogen (secondary N) is 1. The predicted molar refractivity (Wildman–Crippen MR) is 86.1 cm³/mol. The molecule has 0 saturated heterocycles. The van der Waals surface area contributed by atoms with E-state index in [9.17, 15) is 0 Å². The Bertz CT molecular complexity index is 621. The smallest absolute Gasteiger partial charge is 0.161 e. The van der Waals surface area contributed by atoms with Crippen molar-refractivity contribution in [1.29, 1.82) is 0 Å². The molecule has 1 aliphatic heterocycles. The maximum atomic E-state index is 4.68. The van der Waals surface area contributed by atoms with Gasteiger partial charge in [0.15, 0.2) is 5.17 Å². The highest BCUT2D eigenvalue weighted by molar-refractivity contribution is 8.14. The number of hydrogen-bond donors (Lipinski definition) is 1. The second kappa shape index (κ2) is 5.25. The minimum absolute atomic E-state index is 0.416. The van der Waals surface area contributed by atoms with Gasteiger partial charge in [0, 0.05) is 10.9 Å². The van der Waals surface area contributed by atoms with Gasteiger partial charge in [0.1, 0.15) is 0 Å². The summed E-state index contributed by atoms with van der Waals surface area (Å²) in [6, 6.07) is 15.3. The van der Waals surface area contributed by atoms with Crippen LogP contribution in [0.2, 0.25) is 0 Å². The highest BCUT2D eigenvalue weighted by atomic mass is 32.2.